The molecule has 0 heterocycles. The van der Waals surface area contributed by atoms with Gasteiger partial charge in [-0.25, -0.2) is 4.39 Å². The Morgan fingerprint density at radius 1 is 1.15 bits per heavy atom. The Hall–Kier alpha value is -2.11. The standard InChI is InChI=1S/C20H21Cl2FN2O2/c1-3-24-20(27)13(2)25(12-15-6-4-5-7-18(15)23)19(26)10-14-8-9-16(21)11-17(14)22/h4-9,11,13H,3,10,12H2,1-2H3,(H,24,27)/t13-/m1/s1. The number of carbonyl (C=O) groups excluding carboxylic acids is 2. The van der Waals surface area contributed by atoms with Crippen molar-refractivity contribution in [2.75, 3.05) is 6.54 Å². The predicted molar refractivity (Wildman–Crippen MR) is 105 cm³/mol. The first-order valence-corrected chi connectivity index (χ1v) is 9.33. The number of carbonyl (C=O) groups is 2. The highest BCUT2D eigenvalue weighted by molar-refractivity contribution is 6.35. The zero-order valence-corrected chi connectivity index (χ0v) is 16.6. The first kappa shape index (κ1) is 21.2. The Bertz CT molecular complexity index is 829. The number of hydrogen-bond acceptors (Lipinski definition) is 2. The van der Waals surface area contributed by atoms with Crippen LogP contribution in [0.1, 0.15) is 25.0 Å². The van der Waals surface area contributed by atoms with E-state index in [-0.39, 0.29) is 24.8 Å². The van der Waals surface area contributed by atoms with Crippen molar-refractivity contribution in [3.8, 4) is 0 Å². The van der Waals surface area contributed by atoms with E-state index < -0.39 is 11.9 Å². The number of nitrogens with one attached hydrogen (secondary N) is 1. The molecule has 1 atom stereocenters. The van der Waals surface area contributed by atoms with Crippen LogP contribution in [0.5, 0.6) is 0 Å². The quantitative estimate of drug-likeness (QED) is 0.742. The van der Waals surface area contributed by atoms with Crippen LogP contribution in [0.15, 0.2) is 42.5 Å². The molecule has 0 fully saturated rings. The molecule has 2 aromatic carbocycles. The zero-order valence-electron chi connectivity index (χ0n) is 15.1. The number of benzene rings is 2. The second-order valence-electron chi connectivity index (χ2n) is 6.10. The molecule has 2 amide bonds. The van der Waals surface area contributed by atoms with Crippen molar-refractivity contribution in [2.45, 2.75) is 32.9 Å². The molecule has 0 aliphatic heterocycles. The van der Waals surface area contributed by atoms with Gasteiger partial charge in [-0.2, -0.15) is 0 Å². The minimum Gasteiger partial charge on any atom is -0.355 e. The van der Waals surface area contributed by atoms with Crippen LogP contribution >= 0.6 is 23.2 Å². The van der Waals surface area contributed by atoms with Crippen molar-refractivity contribution in [1.29, 1.82) is 0 Å². The molecule has 2 rings (SSSR count). The highest BCUT2D eigenvalue weighted by Gasteiger charge is 2.27. The van der Waals surface area contributed by atoms with Gasteiger partial charge >= 0.3 is 0 Å². The fraction of sp³-hybridized carbons (Fsp3) is 0.300. The molecular formula is C20H21Cl2FN2O2. The second-order valence-corrected chi connectivity index (χ2v) is 6.94. The summed E-state index contributed by atoms with van der Waals surface area (Å²) < 4.78 is 14.1. The molecule has 0 aromatic heterocycles. The van der Waals surface area contributed by atoms with Gasteiger partial charge in [-0.3, -0.25) is 9.59 Å². The van der Waals surface area contributed by atoms with Crippen LogP contribution in [0.25, 0.3) is 0 Å². The van der Waals surface area contributed by atoms with E-state index in [1.165, 1.54) is 11.0 Å². The summed E-state index contributed by atoms with van der Waals surface area (Å²) in [6.07, 6.45) is -0.0196. The lowest BCUT2D eigenvalue weighted by Crippen LogP contribution is -2.48. The minimum absolute atomic E-state index is 0.0188. The molecule has 0 saturated carbocycles. The van der Waals surface area contributed by atoms with Crippen LogP contribution in [0.2, 0.25) is 10.0 Å². The van der Waals surface area contributed by atoms with Gasteiger partial charge in [0.1, 0.15) is 11.9 Å². The van der Waals surface area contributed by atoms with E-state index in [1.807, 2.05) is 0 Å². The summed E-state index contributed by atoms with van der Waals surface area (Å²) in [5.41, 5.74) is 0.928. The van der Waals surface area contributed by atoms with Gasteiger partial charge in [0.15, 0.2) is 0 Å². The van der Waals surface area contributed by atoms with Crippen molar-refractivity contribution in [2.24, 2.45) is 0 Å². The number of amides is 2. The lowest BCUT2D eigenvalue weighted by atomic mass is 10.1. The normalized spacial score (nSPS) is 11.7. The highest BCUT2D eigenvalue weighted by Crippen LogP contribution is 2.23. The third-order valence-electron chi connectivity index (χ3n) is 4.17. The summed E-state index contributed by atoms with van der Waals surface area (Å²) in [7, 11) is 0. The minimum atomic E-state index is -0.761. The molecule has 4 nitrogen and oxygen atoms in total. The van der Waals surface area contributed by atoms with Crippen LogP contribution in [0, 0.1) is 5.82 Å². The summed E-state index contributed by atoms with van der Waals surface area (Å²) in [5, 5.41) is 3.53. The third-order valence-corrected chi connectivity index (χ3v) is 4.76. The number of halogens is 3. The monoisotopic (exact) mass is 410 g/mol. The van der Waals surface area contributed by atoms with E-state index in [1.54, 1.807) is 50.2 Å². The third kappa shape index (κ3) is 5.68. The average molecular weight is 411 g/mol. The summed E-state index contributed by atoms with van der Waals surface area (Å²) in [6, 6.07) is 10.3. The highest BCUT2D eigenvalue weighted by atomic mass is 35.5. The Morgan fingerprint density at radius 3 is 2.48 bits per heavy atom. The largest absolute Gasteiger partial charge is 0.355 e. The van der Waals surface area contributed by atoms with E-state index in [4.69, 9.17) is 23.2 Å². The molecule has 27 heavy (non-hydrogen) atoms. The first-order valence-electron chi connectivity index (χ1n) is 8.58. The number of hydrogen-bond donors (Lipinski definition) is 1. The molecule has 1 N–H and O–H groups in total. The van der Waals surface area contributed by atoms with Crippen LogP contribution in [-0.2, 0) is 22.6 Å². The van der Waals surface area contributed by atoms with Gasteiger partial charge in [0.05, 0.1) is 6.42 Å². The van der Waals surface area contributed by atoms with Gasteiger partial charge in [-0.15, -0.1) is 0 Å². The molecule has 2 aromatic rings. The Kier molecular flexibility index (Phi) is 7.63. The van der Waals surface area contributed by atoms with Crippen molar-refractivity contribution < 1.29 is 14.0 Å². The topological polar surface area (TPSA) is 49.4 Å². The number of rotatable bonds is 7. The van der Waals surface area contributed by atoms with E-state index in [9.17, 15) is 14.0 Å². The van der Waals surface area contributed by atoms with Crippen LogP contribution in [0.4, 0.5) is 4.39 Å². The van der Waals surface area contributed by atoms with Gasteiger partial charge < -0.3 is 10.2 Å². The summed E-state index contributed by atoms with van der Waals surface area (Å²) >= 11 is 12.1. The van der Waals surface area contributed by atoms with Crippen molar-refractivity contribution >= 4 is 35.0 Å². The number of nitrogens with zero attached hydrogens (tertiary/aromatic N) is 1. The fourth-order valence-electron chi connectivity index (χ4n) is 2.64. The van der Waals surface area contributed by atoms with E-state index in [0.29, 0.717) is 27.7 Å². The summed E-state index contributed by atoms with van der Waals surface area (Å²) in [5.74, 6) is -1.06. The summed E-state index contributed by atoms with van der Waals surface area (Å²) in [4.78, 5) is 26.6. The predicted octanol–water partition coefficient (Wildman–Crippen LogP) is 4.23. The first-order chi connectivity index (χ1) is 12.8. The Labute approximate surface area is 168 Å². The van der Waals surface area contributed by atoms with Crippen LogP contribution < -0.4 is 5.32 Å². The lowest BCUT2D eigenvalue weighted by molar-refractivity contribution is -0.140. The molecule has 0 saturated heterocycles. The Balaban J connectivity index is 2.28. The molecule has 0 aliphatic carbocycles. The molecule has 144 valence electrons. The van der Waals surface area contributed by atoms with Gasteiger partial charge in [-0.1, -0.05) is 47.5 Å². The lowest BCUT2D eigenvalue weighted by Gasteiger charge is -2.29. The molecule has 0 spiro atoms. The second kappa shape index (κ2) is 9.72. The molecule has 7 heteroatoms. The van der Waals surface area contributed by atoms with E-state index >= 15 is 0 Å². The smallest absolute Gasteiger partial charge is 0.242 e. The Morgan fingerprint density at radius 2 is 1.85 bits per heavy atom. The molecular weight excluding hydrogens is 390 g/mol. The average Bonchev–Trinajstić information content (AvgIpc) is 2.63. The van der Waals surface area contributed by atoms with Crippen molar-refractivity contribution in [3.05, 3.63) is 69.5 Å². The van der Waals surface area contributed by atoms with Crippen molar-refractivity contribution in [3.63, 3.8) is 0 Å². The van der Waals surface area contributed by atoms with Gasteiger partial charge in [0, 0.05) is 28.7 Å². The van der Waals surface area contributed by atoms with Gasteiger partial charge in [-0.05, 0) is 37.6 Å². The van der Waals surface area contributed by atoms with Crippen molar-refractivity contribution in [1.82, 2.24) is 10.2 Å². The molecule has 0 unspecified atom stereocenters. The van der Waals surface area contributed by atoms with Gasteiger partial charge in [0.2, 0.25) is 11.8 Å². The maximum atomic E-state index is 14.1. The fourth-order valence-corrected chi connectivity index (χ4v) is 3.12. The van der Waals surface area contributed by atoms with Gasteiger partial charge in [0.25, 0.3) is 0 Å². The van der Waals surface area contributed by atoms with Crippen LogP contribution in [0.3, 0.4) is 0 Å². The number of likely N-dealkylation sites (N-methyl/N-ethyl adjacent to an activating group) is 1. The molecule has 0 bridgehead atoms. The maximum absolute atomic E-state index is 14.1. The van der Waals surface area contributed by atoms with Crippen LogP contribution in [-0.4, -0.2) is 29.3 Å². The molecule has 0 radical (unpaired) electrons. The van der Waals surface area contributed by atoms with E-state index in [2.05, 4.69) is 5.32 Å². The maximum Gasteiger partial charge on any atom is 0.242 e. The zero-order chi connectivity index (χ0) is 20.0. The van der Waals surface area contributed by atoms with E-state index in [0.717, 1.165) is 0 Å². The molecule has 0 aliphatic rings. The SMILES string of the molecule is CCNC(=O)[C@@H](C)N(Cc1ccccc1F)C(=O)Cc1ccc(Cl)cc1Cl. The summed E-state index contributed by atoms with van der Waals surface area (Å²) in [6.45, 7) is 3.83.